The van der Waals surface area contributed by atoms with Crippen LogP contribution < -0.4 is 19.8 Å². The zero-order valence-electron chi connectivity index (χ0n) is 14.2. The molecule has 1 aliphatic heterocycles. The molecular formula is C19H16O8. The summed E-state index contributed by atoms with van der Waals surface area (Å²) < 4.78 is 22.1. The van der Waals surface area contributed by atoms with E-state index in [-0.39, 0.29) is 34.3 Å². The van der Waals surface area contributed by atoms with Crippen molar-refractivity contribution in [1.82, 2.24) is 0 Å². The molecule has 0 fully saturated rings. The Morgan fingerprint density at radius 2 is 1.85 bits per heavy atom. The Hall–Kier alpha value is -3.39. The Morgan fingerprint density at radius 3 is 2.59 bits per heavy atom. The highest BCUT2D eigenvalue weighted by molar-refractivity contribution is 5.88. The van der Waals surface area contributed by atoms with Crippen LogP contribution in [0, 0.1) is 0 Å². The van der Waals surface area contributed by atoms with Gasteiger partial charge in [0.1, 0.15) is 0 Å². The lowest BCUT2D eigenvalue weighted by molar-refractivity contribution is -0.0136. The van der Waals surface area contributed by atoms with E-state index in [1.54, 1.807) is 12.1 Å². The molecule has 0 amide bonds. The largest absolute Gasteiger partial charge is 0.504 e. The minimum atomic E-state index is -0.842. The van der Waals surface area contributed by atoms with Crippen molar-refractivity contribution in [3.8, 4) is 28.7 Å². The van der Waals surface area contributed by atoms with Gasteiger partial charge >= 0.3 is 5.63 Å². The molecule has 1 aromatic heterocycles. The molecule has 0 saturated carbocycles. The fourth-order valence-corrected chi connectivity index (χ4v) is 3.07. The molecule has 8 heteroatoms. The van der Waals surface area contributed by atoms with Crippen LogP contribution in [-0.4, -0.2) is 35.1 Å². The Morgan fingerprint density at radius 1 is 1.04 bits per heavy atom. The summed E-state index contributed by atoms with van der Waals surface area (Å²) in [6.07, 6.45) is -1.64. The van der Waals surface area contributed by atoms with Crippen LogP contribution in [0.5, 0.6) is 28.7 Å². The lowest BCUT2D eigenvalue weighted by Gasteiger charge is -2.33. The molecule has 0 aliphatic carbocycles. The van der Waals surface area contributed by atoms with Crippen molar-refractivity contribution < 1.29 is 33.9 Å². The highest BCUT2D eigenvalue weighted by Crippen LogP contribution is 2.49. The molecule has 140 valence electrons. The summed E-state index contributed by atoms with van der Waals surface area (Å²) in [5, 5.41) is 30.2. The second-order valence-electron chi connectivity index (χ2n) is 6.04. The van der Waals surface area contributed by atoms with Crippen LogP contribution >= 0.6 is 0 Å². The molecule has 2 heterocycles. The van der Waals surface area contributed by atoms with Gasteiger partial charge in [-0.3, -0.25) is 0 Å². The fraction of sp³-hybridized carbons (Fsp3) is 0.211. The number of hydrogen-bond donors (Lipinski definition) is 3. The molecule has 1 unspecified atom stereocenters. The molecule has 8 nitrogen and oxygen atoms in total. The van der Waals surface area contributed by atoms with E-state index in [0.717, 1.165) is 0 Å². The molecule has 0 saturated heterocycles. The van der Waals surface area contributed by atoms with Crippen LogP contribution in [0.15, 0.2) is 45.6 Å². The minimum Gasteiger partial charge on any atom is -0.504 e. The first-order valence-electron chi connectivity index (χ1n) is 8.12. The van der Waals surface area contributed by atoms with E-state index in [2.05, 4.69) is 0 Å². The molecule has 2 aromatic carbocycles. The number of phenols is 2. The SMILES string of the molecule is COc1cc(C2Oc3c(c(O)cc4ccc(=O)oc34)O[C@H]2CO)ccc1O. The van der Waals surface area contributed by atoms with Crippen LogP contribution in [0.3, 0.4) is 0 Å². The first-order chi connectivity index (χ1) is 13.0. The van der Waals surface area contributed by atoms with Crippen molar-refractivity contribution in [2.75, 3.05) is 13.7 Å². The van der Waals surface area contributed by atoms with E-state index in [0.29, 0.717) is 10.9 Å². The molecule has 0 bridgehead atoms. The van der Waals surface area contributed by atoms with Gasteiger partial charge in [0.15, 0.2) is 35.0 Å². The predicted molar refractivity (Wildman–Crippen MR) is 93.7 cm³/mol. The van der Waals surface area contributed by atoms with Gasteiger partial charge in [0.25, 0.3) is 0 Å². The second kappa shape index (κ2) is 6.40. The first kappa shape index (κ1) is 17.0. The summed E-state index contributed by atoms with van der Waals surface area (Å²) in [5.41, 5.74) is 0.109. The number of fused-ring (bicyclic) bond motifs is 3. The smallest absolute Gasteiger partial charge is 0.336 e. The van der Waals surface area contributed by atoms with Gasteiger partial charge in [0.2, 0.25) is 11.5 Å². The molecule has 0 spiro atoms. The number of phenolic OH excluding ortho intramolecular Hbond substituents is 2. The molecule has 2 atom stereocenters. The number of aromatic hydroxyl groups is 2. The van der Waals surface area contributed by atoms with Crippen LogP contribution in [0.1, 0.15) is 11.7 Å². The average Bonchev–Trinajstić information content (AvgIpc) is 2.68. The third kappa shape index (κ3) is 2.80. The van der Waals surface area contributed by atoms with E-state index in [9.17, 15) is 20.1 Å². The van der Waals surface area contributed by atoms with Gasteiger partial charge in [-0.2, -0.15) is 0 Å². The summed E-state index contributed by atoms with van der Waals surface area (Å²) in [7, 11) is 1.41. The normalized spacial score (nSPS) is 18.4. The van der Waals surface area contributed by atoms with Crippen molar-refractivity contribution in [1.29, 1.82) is 0 Å². The summed E-state index contributed by atoms with van der Waals surface area (Å²) in [6, 6.07) is 8.71. The van der Waals surface area contributed by atoms with Crippen LogP contribution in [0.4, 0.5) is 0 Å². The molecule has 3 N–H and O–H groups in total. The number of benzene rings is 2. The lowest BCUT2D eigenvalue weighted by atomic mass is 10.0. The Balaban J connectivity index is 1.87. The standard InChI is InChI=1S/C19H16O8/c1-24-13-7-10(2-4-11(13)21)16-14(8-20)25-18-12(22)6-9-3-5-15(23)26-17(9)19(18)27-16/h2-7,14,16,20-22H,8H2,1H3/t14-,16?/m0/s1. The van der Waals surface area contributed by atoms with Gasteiger partial charge in [-0.15, -0.1) is 0 Å². The van der Waals surface area contributed by atoms with E-state index < -0.39 is 24.4 Å². The maximum absolute atomic E-state index is 11.6. The van der Waals surface area contributed by atoms with Crippen molar-refractivity contribution in [2.24, 2.45) is 0 Å². The summed E-state index contributed by atoms with van der Waals surface area (Å²) in [4.78, 5) is 11.6. The molecule has 0 radical (unpaired) electrons. The number of rotatable bonds is 3. The number of aliphatic hydroxyl groups excluding tert-OH is 1. The quantitative estimate of drug-likeness (QED) is 0.598. The molecule has 1 aliphatic rings. The lowest BCUT2D eigenvalue weighted by Crippen LogP contribution is -2.36. The summed E-state index contributed by atoms with van der Waals surface area (Å²) >= 11 is 0. The van der Waals surface area contributed by atoms with Crippen LogP contribution in [0.2, 0.25) is 0 Å². The monoisotopic (exact) mass is 372 g/mol. The third-order valence-corrected chi connectivity index (χ3v) is 4.37. The topological polar surface area (TPSA) is 119 Å². The number of aliphatic hydroxyl groups is 1. The molecule has 3 aromatic rings. The minimum absolute atomic E-state index is 0.0158. The summed E-state index contributed by atoms with van der Waals surface area (Å²) in [5.74, 6) is 0.0211. The zero-order chi connectivity index (χ0) is 19.1. The van der Waals surface area contributed by atoms with Crippen LogP contribution in [-0.2, 0) is 0 Å². The summed E-state index contributed by atoms with van der Waals surface area (Å²) in [6.45, 7) is -0.399. The van der Waals surface area contributed by atoms with Crippen molar-refractivity contribution in [2.45, 2.75) is 12.2 Å². The van der Waals surface area contributed by atoms with Crippen molar-refractivity contribution in [3.05, 3.63) is 52.4 Å². The van der Waals surface area contributed by atoms with Gasteiger partial charge < -0.3 is 33.9 Å². The average molecular weight is 372 g/mol. The van der Waals surface area contributed by atoms with E-state index >= 15 is 0 Å². The molecular weight excluding hydrogens is 356 g/mol. The first-order valence-corrected chi connectivity index (χ1v) is 8.12. The highest BCUT2D eigenvalue weighted by Gasteiger charge is 2.36. The Kier molecular flexibility index (Phi) is 4.04. The van der Waals surface area contributed by atoms with E-state index in [1.807, 2.05) is 0 Å². The van der Waals surface area contributed by atoms with Crippen molar-refractivity contribution in [3.63, 3.8) is 0 Å². The van der Waals surface area contributed by atoms with E-state index in [1.165, 1.54) is 31.4 Å². The maximum Gasteiger partial charge on any atom is 0.336 e. The maximum atomic E-state index is 11.6. The zero-order valence-corrected chi connectivity index (χ0v) is 14.2. The predicted octanol–water partition coefficient (Wildman–Crippen LogP) is 2.09. The Labute approximate surface area is 152 Å². The molecule has 27 heavy (non-hydrogen) atoms. The number of hydrogen-bond acceptors (Lipinski definition) is 8. The number of ether oxygens (including phenoxy) is 3. The van der Waals surface area contributed by atoms with Crippen molar-refractivity contribution >= 4 is 11.0 Å². The van der Waals surface area contributed by atoms with Gasteiger partial charge in [0.05, 0.1) is 13.7 Å². The van der Waals surface area contributed by atoms with Crippen LogP contribution in [0.25, 0.3) is 11.0 Å². The third-order valence-electron chi connectivity index (χ3n) is 4.37. The fourth-order valence-electron chi connectivity index (χ4n) is 3.07. The second-order valence-corrected chi connectivity index (χ2v) is 6.04. The van der Waals surface area contributed by atoms with E-state index in [4.69, 9.17) is 18.6 Å². The number of methoxy groups -OCH3 is 1. The highest BCUT2D eigenvalue weighted by atomic mass is 16.6. The molecule has 4 rings (SSSR count). The van der Waals surface area contributed by atoms with Gasteiger partial charge in [0, 0.05) is 17.0 Å². The van der Waals surface area contributed by atoms with Gasteiger partial charge in [-0.1, -0.05) is 6.07 Å². The van der Waals surface area contributed by atoms with Gasteiger partial charge in [-0.05, 0) is 24.3 Å². The Bertz CT molecular complexity index is 1070. The van der Waals surface area contributed by atoms with Gasteiger partial charge in [-0.25, -0.2) is 4.79 Å².